The molecule has 0 bridgehead atoms. The third-order valence-corrected chi connectivity index (χ3v) is 2.60. The Kier molecular flexibility index (Phi) is 3.70. The van der Waals surface area contributed by atoms with Gasteiger partial charge in [-0.05, 0) is 12.2 Å². The molecule has 13 heavy (non-hydrogen) atoms. The largest absolute Gasteiger partial charge is 0.365 e. The number of carbonyl (C=O) groups is 1. The minimum atomic E-state index is -0.473. The van der Waals surface area contributed by atoms with Crippen LogP contribution in [0.5, 0.6) is 0 Å². The number of primary amides is 1. The molecule has 0 radical (unpaired) electrons. The molecular weight excluding hydrogens is 186 g/mol. The van der Waals surface area contributed by atoms with Crippen LogP contribution in [0.2, 0.25) is 0 Å². The fraction of sp³-hybridized carbons (Fsp3) is 0.375. The van der Waals surface area contributed by atoms with Crippen LogP contribution in [0, 0.1) is 0 Å². The minimum Gasteiger partial charge on any atom is -0.365 e. The molecule has 70 valence electrons. The lowest BCUT2D eigenvalue weighted by atomic mass is 10.3. The Labute approximate surface area is 81.0 Å². The highest BCUT2D eigenvalue weighted by molar-refractivity contribution is 7.99. The maximum Gasteiger partial charge on any atom is 0.253 e. The summed E-state index contributed by atoms with van der Waals surface area (Å²) >= 11 is 1.52. The molecule has 0 saturated heterocycles. The number of rotatable bonds is 4. The average molecular weight is 197 g/mol. The SMILES string of the molecule is CCCSc1ncncc1C(N)=O. The first-order valence-electron chi connectivity index (χ1n) is 3.98. The van der Waals surface area contributed by atoms with Crippen LogP contribution in [0.1, 0.15) is 23.7 Å². The van der Waals surface area contributed by atoms with Crippen molar-refractivity contribution in [1.29, 1.82) is 0 Å². The van der Waals surface area contributed by atoms with E-state index in [4.69, 9.17) is 5.73 Å². The predicted octanol–water partition coefficient (Wildman–Crippen LogP) is 1.08. The smallest absolute Gasteiger partial charge is 0.253 e. The number of hydrogen-bond acceptors (Lipinski definition) is 4. The van der Waals surface area contributed by atoms with E-state index in [1.807, 2.05) is 0 Å². The number of carbonyl (C=O) groups excluding carboxylic acids is 1. The topological polar surface area (TPSA) is 68.9 Å². The highest BCUT2D eigenvalue weighted by Gasteiger charge is 2.08. The van der Waals surface area contributed by atoms with Gasteiger partial charge in [-0.3, -0.25) is 4.79 Å². The standard InChI is InChI=1S/C8H11N3OS/c1-2-3-13-8-6(7(9)12)4-10-5-11-8/h4-5H,2-3H2,1H3,(H2,9,12). The molecule has 0 aliphatic heterocycles. The van der Waals surface area contributed by atoms with Gasteiger partial charge in [-0.25, -0.2) is 9.97 Å². The lowest BCUT2D eigenvalue weighted by Crippen LogP contribution is -2.13. The summed E-state index contributed by atoms with van der Waals surface area (Å²) < 4.78 is 0. The van der Waals surface area contributed by atoms with Gasteiger partial charge in [0, 0.05) is 6.20 Å². The monoisotopic (exact) mass is 197 g/mol. The lowest BCUT2D eigenvalue weighted by molar-refractivity contribution is 0.0996. The summed E-state index contributed by atoms with van der Waals surface area (Å²) in [4.78, 5) is 18.7. The van der Waals surface area contributed by atoms with Gasteiger partial charge in [-0.2, -0.15) is 0 Å². The highest BCUT2D eigenvalue weighted by atomic mass is 32.2. The Bertz CT molecular complexity index is 303. The number of aromatic nitrogens is 2. The Morgan fingerprint density at radius 2 is 2.46 bits per heavy atom. The van der Waals surface area contributed by atoms with Crippen LogP contribution in [-0.4, -0.2) is 21.6 Å². The van der Waals surface area contributed by atoms with Crippen LogP contribution in [0.15, 0.2) is 17.6 Å². The molecule has 1 aromatic heterocycles. The van der Waals surface area contributed by atoms with Crippen LogP contribution < -0.4 is 5.73 Å². The van der Waals surface area contributed by atoms with Gasteiger partial charge < -0.3 is 5.73 Å². The maximum absolute atomic E-state index is 10.9. The molecule has 0 aliphatic rings. The van der Waals surface area contributed by atoms with Gasteiger partial charge in [0.1, 0.15) is 11.4 Å². The summed E-state index contributed by atoms with van der Waals surface area (Å²) in [5, 5.41) is 0.671. The third-order valence-electron chi connectivity index (χ3n) is 1.38. The summed E-state index contributed by atoms with van der Waals surface area (Å²) in [7, 11) is 0. The summed E-state index contributed by atoms with van der Waals surface area (Å²) in [5.74, 6) is 0.455. The molecule has 0 aromatic carbocycles. The lowest BCUT2D eigenvalue weighted by Gasteiger charge is -2.02. The van der Waals surface area contributed by atoms with Gasteiger partial charge in [-0.15, -0.1) is 11.8 Å². The molecule has 1 heterocycles. The van der Waals surface area contributed by atoms with Gasteiger partial charge in [0.2, 0.25) is 0 Å². The van der Waals surface area contributed by atoms with E-state index in [1.54, 1.807) is 0 Å². The molecule has 1 rings (SSSR count). The number of nitrogens with zero attached hydrogens (tertiary/aromatic N) is 2. The fourth-order valence-electron chi connectivity index (χ4n) is 0.801. The van der Waals surface area contributed by atoms with E-state index in [2.05, 4.69) is 16.9 Å². The zero-order valence-electron chi connectivity index (χ0n) is 7.36. The van der Waals surface area contributed by atoms with Crippen molar-refractivity contribution < 1.29 is 4.79 Å². The van der Waals surface area contributed by atoms with Crippen molar-refractivity contribution >= 4 is 17.7 Å². The van der Waals surface area contributed by atoms with Crippen LogP contribution >= 0.6 is 11.8 Å². The molecule has 4 nitrogen and oxygen atoms in total. The first-order chi connectivity index (χ1) is 6.25. The Hall–Kier alpha value is -1.10. The molecule has 1 aromatic rings. The second-order valence-electron chi connectivity index (χ2n) is 2.45. The van der Waals surface area contributed by atoms with Crippen molar-refractivity contribution in [3.63, 3.8) is 0 Å². The van der Waals surface area contributed by atoms with E-state index < -0.39 is 5.91 Å². The number of amides is 1. The van der Waals surface area contributed by atoms with Crippen molar-refractivity contribution in [2.45, 2.75) is 18.4 Å². The molecule has 0 atom stereocenters. The summed E-state index contributed by atoms with van der Waals surface area (Å²) in [6, 6.07) is 0. The highest BCUT2D eigenvalue weighted by Crippen LogP contribution is 2.18. The van der Waals surface area contributed by atoms with Crippen molar-refractivity contribution in [1.82, 2.24) is 9.97 Å². The molecule has 0 fully saturated rings. The normalized spacial score (nSPS) is 9.92. The van der Waals surface area contributed by atoms with E-state index in [0.29, 0.717) is 10.6 Å². The fourth-order valence-corrected chi connectivity index (χ4v) is 1.63. The molecule has 0 spiro atoms. The van der Waals surface area contributed by atoms with E-state index >= 15 is 0 Å². The van der Waals surface area contributed by atoms with Crippen molar-refractivity contribution in [2.24, 2.45) is 5.73 Å². The molecule has 2 N–H and O–H groups in total. The summed E-state index contributed by atoms with van der Waals surface area (Å²) in [6.07, 6.45) is 3.91. The average Bonchev–Trinajstić information content (AvgIpc) is 2.15. The Balaban J connectivity index is 2.84. The third kappa shape index (κ3) is 2.69. The van der Waals surface area contributed by atoms with Crippen LogP contribution in [0.4, 0.5) is 0 Å². The first kappa shape index (κ1) is 9.98. The maximum atomic E-state index is 10.9. The molecular formula is C8H11N3OS. The molecule has 1 amide bonds. The predicted molar refractivity (Wildman–Crippen MR) is 51.6 cm³/mol. The molecule has 0 aliphatic carbocycles. The number of hydrogen-bond donors (Lipinski definition) is 1. The van der Waals surface area contributed by atoms with Gasteiger partial charge in [0.25, 0.3) is 5.91 Å². The van der Waals surface area contributed by atoms with Crippen molar-refractivity contribution in [3.05, 3.63) is 18.1 Å². The quantitative estimate of drug-likeness (QED) is 0.579. The van der Waals surface area contributed by atoms with Gasteiger partial charge in [0.15, 0.2) is 0 Å². The van der Waals surface area contributed by atoms with Crippen LogP contribution in [0.25, 0.3) is 0 Å². The van der Waals surface area contributed by atoms with E-state index in [1.165, 1.54) is 24.3 Å². The van der Waals surface area contributed by atoms with Crippen molar-refractivity contribution in [2.75, 3.05) is 5.75 Å². The Morgan fingerprint density at radius 1 is 1.69 bits per heavy atom. The summed E-state index contributed by atoms with van der Waals surface area (Å²) in [5.41, 5.74) is 5.56. The number of nitrogens with two attached hydrogens (primary N) is 1. The molecule has 0 unspecified atom stereocenters. The van der Waals surface area contributed by atoms with Gasteiger partial charge in [-0.1, -0.05) is 6.92 Å². The van der Waals surface area contributed by atoms with Gasteiger partial charge in [0.05, 0.1) is 5.56 Å². The Morgan fingerprint density at radius 3 is 3.08 bits per heavy atom. The molecule has 5 heteroatoms. The second-order valence-corrected chi connectivity index (χ2v) is 3.54. The van der Waals surface area contributed by atoms with Crippen molar-refractivity contribution in [3.8, 4) is 0 Å². The van der Waals surface area contributed by atoms with E-state index in [-0.39, 0.29) is 0 Å². The van der Waals surface area contributed by atoms with E-state index in [0.717, 1.165) is 12.2 Å². The zero-order valence-corrected chi connectivity index (χ0v) is 8.17. The van der Waals surface area contributed by atoms with E-state index in [9.17, 15) is 4.79 Å². The number of thioether (sulfide) groups is 1. The van der Waals surface area contributed by atoms with Crippen LogP contribution in [-0.2, 0) is 0 Å². The summed E-state index contributed by atoms with van der Waals surface area (Å²) in [6.45, 7) is 2.07. The zero-order chi connectivity index (χ0) is 9.68. The second kappa shape index (κ2) is 4.81. The first-order valence-corrected chi connectivity index (χ1v) is 4.97. The van der Waals surface area contributed by atoms with Gasteiger partial charge >= 0.3 is 0 Å². The molecule has 0 saturated carbocycles. The minimum absolute atomic E-state index is 0.404. The van der Waals surface area contributed by atoms with Crippen LogP contribution in [0.3, 0.4) is 0 Å².